The van der Waals surface area contributed by atoms with E-state index in [4.69, 9.17) is 5.11 Å². The smallest absolute Gasteiger partial charge is 0.0949 e. The number of rotatable bonds is 2. The van der Waals surface area contributed by atoms with E-state index >= 15 is 0 Å². The van der Waals surface area contributed by atoms with Crippen molar-refractivity contribution in [1.29, 1.82) is 0 Å². The van der Waals surface area contributed by atoms with Crippen molar-refractivity contribution >= 4 is 11.8 Å². The lowest BCUT2D eigenvalue weighted by atomic mass is 10.7. The molecule has 0 radical (unpaired) electrons. The molecule has 0 unspecified atom stereocenters. The fourth-order valence-electron chi connectivity index (χ4n) is 0.167. The van der Waals surface area contributed by atoms with Crippen LogP contribution in [-0.4, -0.2) is 17.1 Å². The zero-order valence-corrected chi connectivity index (χ0v) is 4.59. The summed E-state index contributed by atoms with van der Waals surface area (Å²) in [7, 11) is 0. The molecule has 1 N–H and O–H groups in total. The first kappa shape index (κ1) is 5.89. The van der Waals surface area contributed by atoms with Crippen molar-refractivity contribution in [2.75, 3.05) is 12.0 Å². The Labute approximate surface area is 42.1 Å². The number of hydrogen-bond acceptors (Lipinski definition) is 2. The second kappa shape index (κ2) is 3.09. The van der Waals surface area contributed by atoms with Gasteiger partial charge in [-0.05, 0) is 6.26 Å². The molecule has 0 spiro atoms. The molecule has 0 amide bonds. The van der Waals surface area contributed by atoms with E-state index in [1.54, 1.807) is 11.8 Å². The molecule has 0 saturated heterocycles. The minimum Gasteiger partial charge on any atom is -0.512 e. The van der Waals surface area contributed by atoms with Crippen LogP contribution in [0, 0.1) is 0 Å². The Balaban J connectivity index is 2.83. The molecule has 0 heterocycles. The molecule has 0 aliphatic carbocycles. The molecule has 0 aliphatic heterocycles. The monoisotopic (exact) mass is 104 g/mol. The molecule has 0 rings (SSSR count). The van der Waals surface area contributed by atoms with Crippen LogP contribution < -0.4 is 0 Å². The van der Waals surface area contributed by atoms with Gasteiger partial charge in [-0.2, -0.15) is 11.8 Å². The molecule has 0 atom stereocenters. The Morgan fingerprint density at radius 2 is 2.50 bits per heavy atom. The summed E-state index contributed by atoms with van der Waals surface area (Å²) < 4.78 is 0. The van der Waals surface area contributed by atoms with Crippen molar-refractivity contribution in [2.45, 2.75) is 0 Å². The van der Waals surface area contributed by atoms with Crippen LogP contribution in [-0.2, 0) is 0 Å². The molecule has 0 aromatic carbocycles. The molecule has 1 nitrogen and oxygen atoms in total. The largest absolute Gasteiger partial charge is 0.512 e. The topological polar surface area (TPSA) is 20.2 Å². The standard InChI is InChI=1S/C4H8OS/c1-4(5)3-6-2/h5H,1,3H2,2H3. The van der Waals surface area contributed by atoms with Crippen LogP contribution in [0.1, 0.15) is 0 Å². The summed E-state index contributed by atoms with van der Waals surface area (Å²) in [5.74, 6) is 0.905. The number of hydrogen-bond donors (Lipinski definition) is 1. The van der Waals surface area contributed by atoms with Gasteiger partial charge in [0.05, 0.1) is 5.76 Å². The third-order valence-electron chi connectivity index (χ3n) is 0.311. The van der Waals surface area contributed by atoms with Crippen molar-refractivity contribution in [3.8, 4) is 0 Å². The van der Waals surface area contributed by atoms with E-state index < -0.39 is 0 Å². The van der Waals surface area contributed by atoms with Crippen LogP contribution in [0.25, 0.3) is 0 Å². The molecule has 0 aliphatic rings. The maximum absolute atomic E-state index is 8.34. The molecule has 0 saturated carbocycles. The predicted molar refractivity (Wildman–Crippen MR) is 30.2 cm³/mol. The normalized spacial score (nSPS) is 8.17. The summed E-state index contributed by atoms with van der Waals surface area (Å²) in [6.07, 6.45) is 1.92. The average Bonchev–Trinajstić information content (AvgIpc) is 1.35. The van der Waals surface area contributed by atoms with Gasteiger partial charge in [-0.3, -0.25) is 0 Å². The van der Waals surface area contributed by atoms with Crippen molar-refractivity contribution in [1.82, 2.24) is 0 Å². The number of thioether (sulfide) groups is 1. The van der Waals surface area contributed by atoms with Crippen LogP contribution >= 0.6 is 11.8 Å². The molecule has 0 aromatic heterocycles. The average molecular weight is 104 g/mol. The van der Waals surface area contributed by atoms with Crippen LogP contribution in [0.15, 0.2) is 12.3 Å². The Bertz CT molecular complexity index is 51.5. The van der Waals surface area contributed by atoms with E-state index in [9.17, 15) is 0 Å². The molecule has 2 heteroatoms. The van der Waals surface area contributed by atoms with Gasteiger partial charge in [-0.1, -0.05) is 6.58 Å². The van der Waals surface area contributed by atoms with Gasteiger partial charge in [0.2, 0.25) is 0 Å². The second-order valence-electron chi connectivity index (χ2n) is 0.999. The van der Waals surface area contributed by atoms with E-state index in [1.807, 2.05) is 6.26 Å². The lowest BCUT2D eigenvalue weighted by Crippen LogP contribution is -1.77. The molecule has 36 valence electrons. The zero-order chi connectivity index (χ0) is 4.99. The predicted octanol–water partition coefficient (Wildman–Crippen LogP) is 1.42. The fraction of sp³-hybridized carbons (Fsp3) is 0.500. The second-order valence-corrected chi connectivity index (χ2v) is 1.87. The van der Waals surface area contributed by atoms with Gasteiger partial charge in [0, 0.05) is 5.75 Å². The van der Waals surface area contributed by atoms with Gasteiger partial charge < -0.3 is 5.11 Å². The minimum atomic E-state index is 0.252. The zero-order valence-electron chi connectivity index (χ0n) is 3.77. The van der Waals surface area contributed by atoms with Gasteiger partial charge >= 0.3 is 0 Å². The van der Waals surface area contributed by atoms with E-state index in [-0.39, 0.29) is 5.76 Å². The van der Waals surface area contributed by atoms with Gasteiger partial charge in [-0.15, -0.1) is 0 Å². The summed E-state index contributed by atoms with van der Waals surface area (Å²) in [5.41, 5.74) is 0. The van der Waals surface area contributed by atoms with E-state index in [0.717, 1.165) is 0 Å². The van der Waals surface area contributed by atoms with Crippen LogP contribution in [0.4, 0.5) is 0 Å². The Morgan fingerprint density at radius 1 is 2.00 bits per heavy atom. The third-order valence-corrected chi connectivity index (χ3v) is 0.933. The first-order chi connectivity index (χ1) is 2.77. The molecule has 0 aromatic rings. The highest BCUT2D eigenvalue weighted by Crippen LogP contribution is 1.95. The summed E-state index contributed by atoms with van der Waals surface area (Å²) in [6, 6.07) is 0. The molecule has 0 fully saturated rings. The van der Waals surface area contributed by atoms with Crippen molar-refractivity contribution in [3.05, 3.63) is 12.3 Å². The summed E-state index contributed by atoms with van der Waals surface area (Å²) in [6.45, 7) is 3.28. The highest BCUT2D eigenvalue weighted by atomic mass is 32.2. The molecular formula is C4H8OS. The highest BCUT2D eigenvalue weighted by Gasteiger charge is 1.79. The maximum Gasteiger partial charge on any atom is 0.0949 e. The Morgan fingerprint density at radius 3 is 2.50 bits per heavy atom. The first-order valence-corrected chi connectivity index (χ1v) is 3.02. The van der Waals surface area contributed by atoms with Gasteiger partial charge in [0.15, 0.2) is 0 Å². The van der Waals surface area contributed by atoms with Gasteiger partial charge in [-0.25, -0.2) is 0 Å². The van der Waals surface area contributed by atoms with Gasteiger partial charge in [0.1, 0.15) is 0 Å². The van der Waals surface area contributed by atoms with Crippen molar-refractivity contribution < 1.29 is 5.11 Å². The molecular weight excluding hydrogens is 96.1 g/mol. The summed E-state index contributed by atoms with van der Waals surface area (Å²) in [5, 5.41) is 8.34. The lowest BCUT2D eigenvalue weighted by Gasteiger charge is -1.86. The Hall–Kier alpha value is -0.110. The van der Waals surface area contributed by atoms with Crippen molar-refractivity contribution in [3.63, 3.8) is 0 Å². The van der Waals surface area contributed by atoms with Gasteiger partial charge in [0.25, 0.3) is 0 Å². The minimum absolute atomic E-state index is 0.252. The van der Waals surface area contributed by atoms with Crippen molar-refractivity contribution in [2.24, 2.45) is 0 Å². The number of aliphatic hydroxyl groups excluding tert-OH is 1. The highest BCUT2D eigenvalue weighted by molar-refractivity contribution is 7.98. The maximum atomic E-state index is 8.34. The van der Waals surface area contributed by atoms with Crippen LogP contribution in [0.2, 0.25) is 0 Å². The molecule has 6 heavy (non-hydrogen) atoms. The van der Waals surface area contributed by atoms with E-state index in [0.29, 0.717) is 5.75 Å². The number of aliphatic hydroxyl groups is 1. The molecule has 0 bridgehead atoms. The third kappa shape index (κ3) is 3.89. The first-order valence-electron chi connectivity index (χ1n) is 1.63. The quantitative estimate of drug-likeness (QED) is 0.535. The van der Waals surface area contributed by atoms with Crippen LogP contribution in [0.5, 0.6) is 0 Å². The van der Waals surface area contributed by atoms with E-state index in [2.05, 4.69) is 6.58 Å². The fourth-order valence-corrected chi connectivity index (χ4v) is 0.500. The Kier molecular flexibility index (Phi) is 3.04. The van der Waals surface area contributed by atoms with Crippen LogP contribution in [0.3, 0.4) is 0 Å². The summed E-state index contributed by atoms with van der Waals surface area (Å²) >= 11 is 1.56. The lowest BCUT2D eigenvalue weighted by molar-refractivity contribution is 0.420. The summed E-state index contributed by atoms with van der Waals surface area (Å²) in [4.78, 5) is 0. The van der Waals surface area contributed by atoms with E-state index in [1.165, 1.54) is 0 Å². The SMILES string of the molecule is C=C(O)CSC.